The first-order valence-electron chi connectivity index (χ1n) is 9.61. The molecule has 1 saturated carbocycles. The summed E-state index contributed by atoms with van der Waals surface area (Å²) in [6.07, 6.45) is 4.86. The molecular weight excluding hydrogens is 410 g/mol. The van der Waals surface area contributed by atoms with Crippen molar-refractivity contribution in [3.63, 3.8) is 0 Å². The Hall–Kier alpha value is -2.79. The van der Waals surface area contributed by atoms with Gasteiger partial charge in [0.15, 0.2) is 0 Å². The Morgan fingerprint density at radius 2 is 2.07 bits per heavy atom. The zero-order chi connectivity index (χ0) is 22.1. The van der Waals surface area contributed by atoms with E-state index in [9.17, 15) is 14.7 Å². The van der Waals surface area contributed by atoms with Crippen molar-refractivity contribution in [3.05, 3.63) is 34.3 Å². The van der Waals surface area contributed by atoms with Crippen molar-refractivity contribution in [3.8, 4) is 0 Å². The van der Waals surface area contributed by atoms with E-state index in [0.717, 1.165) is 12.6 Å². The molecule has 2 aromatic rings. The van der Waals surface area contributed by atoms with Gasteiger partial charge in [-0.1, -0.05) is 0 Å². The topological polar surface area (TPSA) is 157 Å². The van der Waals surface area contributed by atoms with Crippen molar-refractivity contribution in [2.45, 2.75) is 51.7 Å². The molecule has 1 fully saturated rings. The third-order valence-electron chi connectivity index (χ3n) is 4.70. The number of aliphatic carboxylic acids is 1. The number of nitrogens with one attached hydrogen (secondary N) is 3. The highest BCUT2D eigenvalue weighted by Crippen LogP contribution is 2.25. The van der Waals surface area contributed by atoms with Gasteiger partial charge in [0.1, 0.15) is 4.88 Å². The van der Waals surface area contributed by atoms with E-state index >= 15 is 0 Å². The summed E-state index contributed by atoms with van der Waals surface area (Å²) in [6.45, 7) is 3.39. The van der Waals surface area contributed by atoms with Crippen LogP contribution >= 0.6 is 11.3 Å². The summed E-state index contributed by atoms with van der Waals surface area (Å²) in [5.74, 6) is -1.33. The molecule has 2 amide bonds. The van der Waals surface area contributed by atoms with Crippen LogP contribution in [0.15, 0.2) is 18.0 Å². The number of aryl methyl sites for hydroxylation is 1. The minimum Gasteiger partial charge on any atom is -0.481 e. The Kier molecular flexibility index (Phi) is 8.93. The van der Waals surface area contributed by atoms with Gasteiger partial charge in [-0.15, -0.1) is 11.3 Å². The van der Waals surface area contributed by atoms with Crippen LogP contribution in [-0.2, 0) is 16.0 Å². The maximum absolute atomic E-state index is 12.3. The minimum absolute atomic E-state index is 0.0494. The third-order valence-corrected chi connectivity index (χ3v) is 5.63. The Morgan fingerprint density at radius 1 is 1.33 bits per heavy atom. The normalized spacial score (nSPS) is 20.6. The average molecular weight is 438 g/mol. The first kappa shape index (κ1) is 23.5. The molecule has 3 atom stereocenters. The standard InChI is InChI=1S/C17H23N5O3S.C2H4O2/c1-10-15(26-9-21-10)17(25)22-13-3-2-11(6-14(13)23)16(24)19-5-4-12-7-18-8-20-12;1-2(3)4/h7-9,11,13-14,23H,2-6H2,1H3,(H,18,20)(H,19,24)(H,22,25);1H3,(H,3,4)/t11-,13-,14-;/m0./s1. The van der Waals surface area contributed by atoms with Gasteiger partial charge in [-0.05, 0) is 26.2 Å². The highest BCUT2D eigenvalue weighted by molar-refractivity contribution is 7.11. The number of carboxylic acids is 1. The number of amides is 2. The Morgan fingerprint density at radius 3 is 2.63 bits per heavy atom. The number of carboxylic acid groups (broad SMARTS) is 1. The lowest BCUT2D eigenvalue weighted by molar-refractivity contribution is -0.134. The SMILES string of the molecule is CC(=O)O.Cc1ncsc1C(=O)N[C@H]1CC[C@H](C(=O)NCCc2cnc[nH]2)C[C@@H]1O. The van der Waals surface area contributed by atoms with Crippen LogP contribution in [0.2, 0.25) is 0 Å². The van der Waals surface area contributed by atoms with Crippen molar-refractivity contribution in [2.75, 3.05) is 6.54 Å². The Bertz CT molecular complexity index is 834. The number of rotatable bonds is 6. The number of hydrogen-bond acceptors (Lipinski definition) is 7. The zero-order valence-corrected chi connectivity index (χ0v) is 17.7. The summed E-state index contributed by atoms with van der Waals surface area (Å²) >= 11 is 1.28. The number of aliphatic hydroxyl groups excluding tert-OH is 1. The number of hydrogen-bond donors (Lipinski definition) is 5. The van der Waals surface area contributed by atoms with Crippen molar-refractivity contribution < 1.29 is 24.6 Å². The highest BCUT2D eigenvalue weighted by atomic mass is 32.1. The predicted octanol–water partition coefficient (Wildman–Crippen LogP) is 0.884. The number of carbonyl (C=O) groups is 3. The fourth-order valence-electron chi connectivity index (χ4n) is 3.19. The van der Waals surface area contributed by atoms with Crippen molar-refractivity contribution >= 4 is 29.1 Å². The summed E-state index contributed by atoms with van der Waals surface area (Å²) in [6, 6.07) is -0.335. The minimum atomic E-state index is -0.833. The maximum Gasteiger partial charge on any atom is 0.300 e. The summed E-state index contributed by atoms with van der Waals surface area (Å²) in [4.78, 5) is 45.1. The number of aliphatic hydroxyl groups is 1. The van der Waals surface area contributed by atoms with E-state index in [1.165, 1.54) is 11.3 Å². The van der Waals surface area contributed by atoms with Crippen molar-refractivity contribution in [2.24, 2.45) is 5.92 Å². The molecule has 0 aliphatic heterocycles. The van der Waals surface area contributed by atoms with Gasteiger partial charge in [0.2, 0.25) is 5.91 Å². The van der Waals surface area contributed by atoms with Crippen LogP contribution in [-0.4, -0.2) is 61.6 Å². The van der Waals surface area contributed by atoms with E-state index in [4.69, 9.17) is 9.90 Å². The van der Waals surface area contributed by atoms with Gasteiger partial charge < -0.3 is 25.8 Å². The lowest BCUT2D eigenvalue weighted by Gasteiger charge is -2.32. The second-order valence-electron chi connectivity index (χ2n) is 7.06. The molecule has 5 N–H and O–H groups in total. The molecule has 11 heteroatoms. The number of imidazole rings is 1. The van der Waals surface area contributed by atoms with Crippen LogP contribution in [0, 0.1) is 12.8 Å². The second-order valence-corrected chi connectivity index (χ2v) is 7.92. The Balaban J connectivity index is 0.000000735. The Labute approximate surface area is 178 Å². The molecule has 1 aliphatic rings. The van der Waals surface area contributed by atoms with Gasteiger partial charge in [0.25, 0.3) is 11.9 Å². The van der Waals surface area contributed by atoms with Gasteiger partial charge in [0.05, 0.1) is 29.7 Å². The average Bonchev–Trinajstić information content (AvgIpc) is 3.34. The first-order chi connectivity index (χ1) is 14.3. The van der Waals surface area contributed by atoms with Crippen LogP contribution in [0.25, 0.3) is 0 Å². The van der Waals surface area contributed by atoms with Crippen LogP contribution in [0.5, 0.6) is 0 Å². The number of carbonyl (C=O) groups excluding carboxylic acids is 2. The highest BCUT2D eigenvalue weighted by Gasteiger charge is 2.34. The molecule has 0 saturated heterocycles. The summed E-state index contributed by atoms with van der Waals surface area (Å²) in [7, 11) is 0. The lowest BCUT2D eigenvalue weighted by Crippen LogP contribution is -2.49. The zero-order valence-electron chi connectivity index (χ0n) is 16.9. The molecule has 1 aliphatic carbocycles. The van der Waals surface area contributed by atoms with Gasteiger partial charge >= 0.3 is 0 Å². The summed E-state index contributed by atoms with van der Waals surface area (Å²) in [5, 5.41) is 23.6. The largest absolute Gasteiger partial charge is 0.481 e. The van der Waals surface area contributed by atoms with E-state index in [2.05, 4.69) is 25.6 Å². The smallest absolute Gasteiger partial charge is 0.300 e. The number of aromatic amines is 1. The van der Waals surface area contributed by atoms with Gasteiger partial charge in [0, 0.05) is 37.7 Å². The van der Waals surface area contributed by atoms with E-state index in [-0.39, 0.29) is 23.8 Å². The van der Waals surface area contributed by atoms with Gasteiger partial charge in [-0.25, -0.2) is 9.97 Å². The number of H-pyrrole nitrogens is 1. The molecule has 0 aromatic carbocycles. The summed E-state index contributed by atoms with van der Waals surface area (Å²) < 4.78 is 0. The van der Waals surface area contributed by atoms with Crippen molar-refractivity contribution in [1.29, 1.82) is 0 Å². The number of nitrogens with zero attached hydrogens (tertiary/aromatic N) is 2. The molecule has 0 radical (unpaired) electrons. The van der Waals surface area contributed by atoms with Gasteiger partial charge in [-0.2, -0.15) is 0 Å². The van der Waals surface area contributed by atoms with Crippen LogP contribution in [0.1, 0.15) is 47.2 Å². The molecule has 3 rings (SSSR count). The fraction of sp³-hybridized carbons (Fsp3) is 0.526. The predicted molar refractivity (Wildman–Crippen MR) is 110 cm³/mol. The number of aromatic nitrogens is 3. The first-order valence-corrected chi connectivity index (χ1v) is 10.5. The second kappa shape index (κ2) is 11.4. The molecule has 2 heterocycles. The maximum atomic E-state index is 12.3. The van der Waals surface area contributed by atoms with Gasteiger partial charge in [-0.3, -0.25) is 14.4 Å². The lowest BCUT2D eigenvalue weighted by atomic mass is 9.83. The number of thiazole rings is 1. The molecule has 0 bridgehead atoms. The monoisotopic (exact) mass is 437 g/mol. The molecule has 164 valence electrons. The molecular formula is C19H27N5O5S. The summed E-state index contributed by atoms with van der Waals surface area (Å²) in [5.41, 5.74) is 3.29. The molecule has 30 heavy (non-hydrogen) atoms. The van der Waals surface area contributed by atoms with Crippen LogP contribution in [0.4, 0.5) is 0 Å². The fourth-order valence-corrected chi connectivity index (χ4v) is 3.90. The van der Waals surface area contributed by atoms with Crippen LogP contribution < -0.4 is 10.6 Å². The van der Waals surface area contributed by atoms with E-state index in [1.807, 2.05) is 0 Å². The molecule has 0 unspecified atom stereocenters. The quantitative estimate of drug-likeness (QED) is 0.449. The van der Waals surface area contributed by atoms with Crippen LogP contribution in [0.3, 0.4) is 0 Å². The molecule has 2 aromatic heterocycles. The van der Waals surface area contributed by atoms with E-state index in [1.54, 1.807) is 25.0 Å². The van der Waals surface area contributed by atoms with E-state index in [0.29, 0.717) is 42.8 Å². The van der Waals surface area contributed by atoms with Crippen molar-refractivity contribution in [1.82, 2.24) is 25.6 Å². The van der Waals surface area contributed by atoms with E-state index < -0.39 is 12.1 Å². The molecule has 10 nitrogen and oxygen atoms in total. The third kappa shape index (κ3) is 7.23. The molecule has 0 spiro atoms.